The van der Waals surface area contributed by atoms with Crippen molar-refractivity contribution in [2.24, 2.45) is 0 Å². The predicted octanol–water partition coefficient (Wildman–Crippen LogP) is 3.87. The Kier molecular flexibility index (Phi) is 3.50. The van der Waals surface area contributed by atoms with E-state index in [0.29, 0.717) is 11.2 Å². The molecule has 0 amide bonds. The number of para-hydroxylation sites is 1. The van der Waals surface area contributed by atoms with Crippen molar-refractivity contribution < 1.29 is 0 Å². The van der Waals surface area contributed by atoms with Crippen molar-refractivity contribution in [3.63, 3.8) is 0 Å². The van der Waals surface area contributed by atoms with Crippen molar-refractivity contribution in [1.82, 2.24) is 19.9 Å². The topological polar surface area (TPSA) is 46.0 Å². The lowest BCUT2D eigenvalue weighted by molar-refractivity contribution is 0.468. The fourth-order valence-corrected chi connectivity index (χ4v) is 4.29. The number of halogens is 1. The van der Waals surface area contributed by atoms with Gasteiger partial charge in [0.25, 0.3) is 0 Å². The van der Waals surface area contributed by atoms with Gasteiger partial charge in [-0.05, 0) is 43.7 Å². The smallest absolute Gasteiger partial charge is 0.163 e. The second kappa shape index (κ2) is 5.86. The third kappa shape index (κ3) is 2.27. The van der Waals surface area contributed by atoms with Gasteiger partial charge in [0.2, 0.25) is 0 Å². The first-order valence-electron chi connectivity index (χ1n) is 8.60. The van der Waals surface area contributed by atoms with E-state index in [4.69, 9.17) is 11.6 Å². The number of benzene rings is 1. The molecule has 1 aromatic carbocycles. The molecule has 3 aromatic rings. The van der Waals surface area contributed by atoms with E-state index in [0.717, 1.165) is 30.2 Å². The largest absolute Gasteiger partial charge is 0.314 e. The third-order valence-electron chi connectivity index (χ3n) is 5.10. The number of fused-ring (bicyclic) bond motifs is 3. The van der Waals surface area contributed by atoms with Crippen molar-refractivity contribution in [1.29, 1.82) is 0 Å². The van der Waals surface area contributed by atoms with Gasteiger partial charge in [-0.2, -0.15) is 0 Å². The molecule has 1 N–H and O–H groups in total. The summed E-state index contributed by atoms with van der Waals surface area (Å²) in [6, 6.07) is 15.2. The van der Waals surface area contributed by atoms with Gasteiger partial charge in [-0.25, -0.2) is 9.97 Å². The Morgan fingerprint density at radius 2 is 1.96 bits per heavy atom. The molecule has 0 saturated carbocycles. The molecule has 6 heteroatoms. The van der Waals surface area contributed by atoms with Crippen LogP contribution in [0.25, 0.3) is 5.69 Å². The lowest BCUT2D eigenvalue weighted by Gasteiger charge is -2.41. The van der Waals surface area contributed by atoms with Gasteiger partial charge in [-0.1, -0.05) is 29.8 Å². The predicted molar refractivity (Wildman–Crippen MR) is 98.7 cm³/mol. The second-order valence-electron chi connectivity index (χ2n) is 6.49. The lowest BCUT2D eigenvalue weighted by Crippen LogP contribution is -2.42. The van der Waals surface area contributed by atoms with E-state index in [1.807, 2.05) is 12.3 Å². The van der Waals surface area contributed by atoms with Crippen molar-refractivity contribution in [2.45, 2.75) is 24.9 Å². The Hall–Kier alpha value is -2.37. The average molecular weight is 352 g/mol. The molecule has 2 atom stereocenters. The van der Waals surface area contributed by atoms with Crippen LogP contribution < -0.4 is 10.2 Å². The summed E-state index contributed by atoms with van der Waals surface area (Å²) in [6.45, 7) is 1.06. The standard InChI is InChI=1S/C19H18ClN5/c20-18-17-19(23-12-22-18)25(13-6-2-1-3-7-13)16(14-8-4-10-21-14)15-9-5-11-24(15)17/h1-3,5-7,9,11-12,14,16,21H,4,8,10H2/t14-,16-/m0/s1. The first kappa shape index (κ1) is 14.9. The zero-order valence-electron chi connectivity index (χ0n) is 13.6. The van der Waals surface area contributed by atoms with Crippen LogP contribution in [0, 0.1) is 0 Å². The molecular formula is C19H18ClN5. The second-order valence-corrected chi connectivity index (χ2v) is 6.85. The zero-order chi connectivity index (χ0) is 16.8. The number of hydrogen-bond donors (Lipinski definition) is 1. The van der Waals surface area contributed by atoms with Gasteiger partial charge in [0.05, 0.1) is 6.04 Å². The van der Waals surface area contributed by atoms with Crippen LogP contribution in [0.4, 0.5) is 11.5 Å². The van der Waals surface area contributed by atoms with E-state index in [1.165, 1.54) is 12.1 Å². The molecule has 2 aromatic heterocycles. The number of nitrogens with one attached hydrogen (secondary N) is 1. The summed E-state index contributed by atoms with van der Waals surface area (Å²) >= 11 is 6.47. The maximum atomic E-state index is 6.47. The summed E-state index contributed by atoms with van der Waals surface area (Å²) in [6.07, 6.45) is 5.94. The fourth-order valence-electron chi connectivity index (χ4n) is 4.07. The molecule has 4 heterocycles. The highest BCUT2D eigenvalue weighted by Crippen LogP contribution is 2.46. The van der Waals surface area contributed by atoms with Crippen molar-refractivity contribution in [2.75, 3.05) is 11.4 Å². The normalized spacial score (nSPS) is 21.9. The molecule has 0 unspecified atom stereocenters. The van der Waals surface area contributed by atoms with Crippen molar-refractivity contribution in [3.05, 3.63) is 65.8 Å². The molecule has 25 heavy (non-hydrogen) atoms. The molecule has 1 saturated heterocycles. The van der Waals surface area contributed by atoms with Crippen LogP contribution in [0.15, 0.2) is 55.0 Å². The van der Waals surface area contributed by atoms with Gasteiger partial charge < -0.3 is 14.8 Å². The van der Waals surface area contributed by atoms with Crippen LogP contribution in [0.1, 0.15) is 24.6 Å². The highest BCUT2D eigenvalue weighted by Gasteiger charge is 2.40. The van der Waals surface area contributed by atoms with Crippen LogP contribution in [-0.2, 0) is 0 Å². The Morgan fingerprint density at radius 3 is 2.76 bits per heavy atom. The molecule has 1 fully saturated rings. The van der Waals surface area contributed by atoms with Gasteiger partial charge in [0, 0.05) is 23.6 Å². The van der Waals surface area contributed by atoms with E-state index in [-0.39, 0.29) is 6.04 Å². The molecular weight excluding hydrogens is 334 g/mol. The Bertz CT molecular complexity index is 901. The van der Waals surface area contributed by atoms with Gasteiger partial charge in [-0.15, -0.1) is 0 Å². The van der Waals surface area contributed by atoms with E-state index in [2.05, 4.69) is 61.1 Å². The summed E-state index contributed by atoms with van der Waals surface area (Å²) < 4.78 is 2.14. The Labute approximate surface area is 151 Å². The number of rotatable bonds is 2. The maximum absolute atomic E-state index is 6.47. The zero-order valence-corrected chi connectivity index (χ0v) is 14.4. The SMILES string of the molecule is Clc1ncnc2c1-n1cccc1[C@H]([C@@H]1CCCN1)N2c1ccccc1. The molecule has 0 aliphatic carbocycles. The Morgan fingerprint density at radius 1 is 1.08 bits per heavy atom. The van der Waals surface area contributed by atoms with Crippen molar-refractivity contribution in [3.8, 4) is 5.69 Å². The minimum Gasteiger partial charge on any atom is -0.314 e. The first-order chi connectivity index (χ1) is 12.3. The molecule has 0 radical (unpaired) electrons. The van der Waals surface area contributed by atoms with Gasteiger partial charge in [0.1, 0.15) is 12.0 Å². The van der Waals surface area contributed by atoms with E-state index >= 15 is 0 Å². The summed E-state index contributed by atoms with van der Waals surface area (Å²) in [5, 5.41) is 4.14. The summed E-state index contributed by atoms with van der Waals surface area (Å²) in [7, 11) is 0. The minimum absolute atomic E-state index is 0.165. The average Bonchev–Trinajstić information content (AvgIpc) is 3.33. The van der Waals surface area contributed by atoms with Gasteiger partial charge >= 0.3 is 0 Å². The highest BCUT2D eigenvalue weighted by molar-refractivity contribution is 6.31. The molecule has 5 rings (SSSR count). The van der Waals surface area contributed by atoms with Crippen LogP contribution >= 0.6 is 11.6 Å². The summed E-state index contributed by atoms with van der Waals surface area (Å²) in [5.41, 5.74) is 3.18. The van der Waals surface area contributed by atoms with E-state index < -0.39 is 0 Å². The van der Waals surface area contributed by atoms with Crippen LogP contribution in [-0.4, -0.2) is 27.1 Å². The van der Waals surface area contributed by atoms with Gasteiger partial charge in [-0.3, -0.25) is 0 Å². The maximum Gasteiger partial charge on any atom is 0.163 e. The number of hydrogen-bond acceptors (Lipinski definition) is 4. The third-order valence-corrected chi connectivity index (χ3v) is 5.38. The number of nitrogens with zero attached hydrogens (tertiary/aromatic N) is 4. The van der Waals surface area contributed by atoms with Crippen molar-refractivity contribution >= 4 is 23.1 Å². The highest BCUT2D eigenvalue weighted by atomic mass is 35.5. The fraction of sp³-hybridized carbons (Fsp3) is 0.263. The van der Waals surface area contributed by atoms with E-state index in [9.17, 15) is 0 Å². The molecule has 5 nitrogen and oxygen atoms in total. The molecule has 126 valence electrons. The van der Waals surface area contributed by atoms with Crippen LogP contribution in [0.5, 0.6) is 0 Å². The minimum atomic E-state index is 0.165. The molecule has 2 aliphatic heterocycles. The molecule has 2 aliphatic rings. The summed E-state index contributed by atoms with van der Waals surface area (Å²) in [4.78, 5) is 11.1. The van der Waals surface area contributed by atoms with Gasteiger partial charge in [0.15, 0.2) is 11.0 Å². The quantitative estimate of drug-likeness (QED) is 0.712. The Balaban J connectivity index is 1.77. The lowest BCUT2D eigenvalue weighted by atomic mass is 9.98. The number of aromatic nitrogens is 3. The van der Waals surface area contributed by atoms with Crippen LogP contribution in [0.3, 0.4) is 0 Å². The monoisotopic (exact) mass is 351 g/mol. The van der Waals surface area contributed by atoms with Crippen LogP contribution in [0.2, 0.25) is 5.15 Å². The van der Waals surface area contributed by atoms with E-state index in [1.54, 1.807) is 6.33 Å². The number of anilines is 2. The summed E-state index contributed by atoms with van der Waals surface area (Å²) in [5.74, 6) is 0.855. The molecule has 0 spiro atoms. The molecule has 0 bridgehead atoms. The first-order valence-corrected chi connectivity index (χ1v) is 8.98.